The number of hydrogen-bond donors (Lipinski definition) is 1. The Bertz CT molecular complexity index is 333. The normalized spacial score (nSPS) is 21.3. The summed E-state index contributed by atoms with van der Waals surface area (Å²) < 4.78 is 13.5. The lowest BCUT2D eigenvalue weighted by Crippen LogP contribution is -2.29. The summed E-state index contributed by atoms with van der Waals surface area (Å²) in [5.41, 5.74) is 3.28. The van der Waals surface area contributed by atoms with Crippen molar-refractivity contribution in [1.29, 1.82) is 0 Å². The molecule has 1 aromatic rings. The Kier molecular flexibility index (Phi) is 2.08. The van der Waals surface area contributed by atoms with Gasteiger partial charge in [-0.25, -0.2) is 4.39 Å². The minimum Gasteiger partial charge on any atom is -0.310 e. The van der Waals surface area contributed by atoms with Crippen LogP contribution >= 0.6 is 0 Å². The number of fused-ring (bicyclic) bond motifs is 1. The summed E-state index contributed by atoms with van der Waals surface area (Å²) in [5.74, 6) is -0.0692. The topological polar surface area (TPSA) is 12.0 Å². The Labute approximate surface area is 78.0 Å². The zero-order valence-corrected chi connectivity index (χ0v) is 8.02. The third kappa shape index (κ3) is 1.35. The molecule has 1 aliphatic heterocycles. The molecule has 1 atom stereocenters. The number of halogens is 1. The van der Waals surface area contributed by atoms with E-state index in [9.17, 15) is 4.39 Å². The van der Waals surface area contributed by atoms with E-state index in [1.165, 1.54) is 11.1 Å². The average Bonchev–Trinajstić information content (AvgIpc) is 2.12. The second kappa shape index (κ2) is 3.11. The van der Waals surface area contributed by atoms with Crippen LogP contribution in [-0.4, -0.2) is 6.54 Å². The summed E-state index contributed by atoms with van der Waals surface area (Å²) >= 11 is 0. The molecule has 0 spiro atoms. The summed E-state index contributed by atoms with van der Waals surface area (Å²) in [6.45, 7) is 5.02. The number of hydrogen-bond acceptors (Lipinski definition) is 1. The zero-order chi connectivity index (χ0) is 9.42. The molecule has 1 unspecified atom stereocenters. The van der Waals surface area contributed by atoms with Gasteiger partial charge in [-0.2, -0.15) is 0 Å². The van der Waals surface area contributed by atoms with Crippen molar-refractivity contribution >= 4 is 0 Å². The van der Waals surface area contributed by atoms with Gasteiger partial charge in [-0.05, 0) is 44.0 Å². The highest BCUT2D eigenvalue weighted by Crippen LogP contribution is 2.27. The van der Waals surface area contributed by atoms with E-state index in [0.717, 1.165) is 18.5 Å². The maximum atomic E-state index is 13.5. The molecule has 1 N–H and O–H groups in total. The first-order chi connectivity index (χ1) is 6.20. The van der Waals surface area contributed by atoms with Gasteiger partial charge in [0.05, 0.1) is 0 Å². The predicted octanol–water partition coefficient (Wildman–Crippen LogP) is 2.34. The first kappa shape index (κ1) is 8.70. The molecule has 13 heavy (non-hydrogen) atoms. The lowest BCUT2D eigenvalue weighted by molar-refractivity contribution is 0.497. The molecule has 1 aromatic carbocycles. The molecule has 0 aromatic heterocycles. The van der Waals surface area contributed by atoms with Crippen molar-refractivity contribution in [3.63, 3.8) is 0 Å². The Morgan fingerprint density at radius 3 is 2.92 bits per heavy atom. The van der Waals surface area contributed by atoms with Crippen molar-refractivity contribution in [2.45, 2.75) is 26.3 Å². The van der Waals surface area contributed by atoms with Crippen LogP contribution in [0.15, 0.2) is 12.1 Å². The molecule has 1 aliphatic rings. The Balaban J connectivity index is 2.60. The summed E-state index contributed by atoms with van der Waals surface area (Å²) in [5, 5.41) is 3.27. The molecule has 0 fully saturated rings. The monoisotopic (exact) mass is 179 g/mol. The van der Waals surface area contributed by atoms with Crippen molar-refractivity contribution in [1.82, 2.24) is 5.32 Å². The molecule has 70 valence electrons. The van der Waals surface area contributed by atoms with Gasteiger partial charge in [-0.1, -0.05) is 6.07 Å². The van der Waals surface area contributed by atoms with Crippen LogP contribution in [0.3, 0.4) is 0 Å². The standard InChI is InChI=1S/C11H14FN/c1-7-3-4-10(12)11-8(2)13-6-5-9(7)11/h3-4,8,13H,5-6H2,1-2H3. The fourth-order valence-electron chi connectivity index (χ4n) is 2.06. The van der Waals surface area contributed by atoms with Gasteiger partial charge in [-0.15, -0.1) is 0 Å². The van der Waals surface area contributed by atoms with Gasteiger partial charge < -0.3 is 5.32 Å². The fourth-order valence-corrected chi connectivity index (χ4v) is 2.06. The highest BCUT2D eigenvalue weighted by atomic mass is 19.1. The molecule has 0 saturated carbocycles. The smallest absolute Gasteiger partial charge is 0.128 e. The summed E-state index contributed by atoms with van der Waals surface area (Å²) in [6, 6.07) is 3.59. The van der Waals surface area contributed by atoms with Gasteiger partial charge in [0.25, 0.3) is 0 Å². The molecule has 1 heterocycles. The van der Waals surface area contributed by atoms with Crippen LogP contribution in [-0.2, 0) is 6.42 Å². The van der Waals surface area contributed by atoms with Gasteiger partial charge in [0.2, 0.25) is 0 Å². The van der Waals surface area contributed by atoms with E-state index in [-0.39, 0.29) is 11.9 Å². The molecule has 2 heteroatoms. The minimum absolute atomic E-state index is 0.0692. The van der Waals surface area contributed by atoms with Crippen LogP contribution < -0.4 is 5.32 Å². The van der Waals surface area contributed by atoms with Crippen LogP contribution in [0.2, 0.25) is 0 Å². The fraction of sp³-hybridized carbons (Fsp3) is 0.455. The van der Waals surface area contributed by atoms with Crippen LogP contribution in [0.25, 0.3) is 0 Å². The third-order valence-corrected chi connectivity index (χ3v) is 2.80. The SMILES string of the molecule is Cc1ccc(F)c2c1CCNC2C. The second-order valence-corrected chi connectivity index (χ2v) is 3.68. The Hall–Kier alpha value is -0.890. The van der Waals surface area contributed by atoms with E-state index in [4.69, 9.17) is 0 Å². The predicted molar refractivity (Wildman–Crippen MR) is 51.3 cm³/mol. The molecule has 0 aliphatic carbocycles. The zero-order valence-electron chi connectivity index (χ0n) is 8.02. The second-order valence-electron chi connectivity index (χ2n) is 3.68. The van der Waals surface area contributed by atoms with E-state index in [1.807, 2.05) is 13.0 Å². The van der Waals surface area contributed by atoms with Gasteiger partial charge >= 0.3 is 0 Å². The van der Waals surface area contributed by atoms with Gasteiger partial charge in [0.1, 0.15) is 5.82 Å². The minimum atomic E-state index is -0.0692. The number of rotatable bonds is 0. The van der Waals surface area contributed by atoms with Gasteiger partial charge in [0.15, 0.2) is 0 Å². The maximum absolute atomic E-state index is 13.5. The van der Waals surface area contributed by atoms with E-state index in [0.29, 0.717) is 0 Å². The first-order valence-electron chi connectivity index (χ1n) is 4.71. The molecule has 1 nitrogen and oxygen atoms in total. The molecule has 2 rings (SSSR count). The first-order valence-corrected chi connectivity index (χ1v) is 4.71. The molecule has 0 bridgehead atoms. The Morgan fingerprint density at radius 2 is 2.23 bits per heavy atom. The number of benzene rings is 1. The van der Waals surface area contributed by atoms with Crippen molar-refractivity contribution in [2.75, 3.05) is 6.54 Å². The van der Waals surface area contributed by atoms with Crippen LogP contribution in [0.5, 0.6) is 0 Å². The summed E-state index contributed by atoms with van der Waals surface area (Å²) in [7, 11) is 0. The largest absolute Gasteiger partial charge is 0.310 e. The molecule has 0 amide bonds. The lowest BCUT2D eigenvalue weighted by atomic mass is 9.91. The van der Waals surface area contributed by atoms with Crippen LogP contribution in [0.4, 0.5) is 4.39 Å². The summed E-state index contributed by atoms with van der Waals surface area (Å²) in [6.07, 6.45) is 0.948. The van der Waals surface area contributed by atoms with Crippen molar-refractivity contribution in [3.05, 3.63) is 34.6 Å². The van der Waals surface area contributed by atoms with E-state index in [1.54, 1.807) is 6.07 Å². The van der Waals surface area contributed by atoms with Gasteiger partial charge in [0, 0.05) is 11.6 Å². The number of nitrogens with one attached hydrogen (secondary N) is 1. The van der Waals surface area contributed by atoms with Crippen LogP contribution in [0, 0.1) is 12.7 Å². The quantitative estimate of drug-likeness (QED) is 0.644. The molecular formula is C11H14FN. The number of aryl methyl sites for hydroxylation is 1. The highest BCUT2D eigenvalue weighted by Gasteiger charge is 2.20. The van der Waals surface area contributed by atoms with Crippen molar-refractivity contribution < 1.29 is 4.39 Å². The molecular weight excluding hydrogens is 165 g/mol. The summed E-state index contributed by atoms with van der Waals surface area (Å²) in [4.78, 5) is 0. The maximum Gasteiger partial charge on any atom is 0.128 e. The average molecular weight is 179 g/mol. The highest BCUT2D eigenvalue weighted by molar-refractivity contribution is 5.39. The molecule has 0 saturated heterocycles. The Morgan fingerprint density at radius 1 is 1.46 bits per heavy atom. The van der Waals surface area contributed by atoms with E-state index < -0.39 is 0 Å². The van der Waals surface area contributed by atoms with E-state index >= 15 is 0 Å². The van der Waals surface area contributed by atoms with Crippen molar-refractivity contribution in [3.8, 4) is 0 Å². The van der Waals surface area contributed by atoms with Crippen LogP contribution in [0.1, 0.15) is 29.7 Å². The lowest BCUT2D eigenvalue weighted by Gasteiger charge is -2.25. The molecule has 0 radical (unpaired) electrons. The van der Waals surface area contributed by atoms with Crippen molar-refractivity contribution in [2.24, 2.45) is 0 Å². The third-order valence-electron chi connectivity index (χ3n) is 2.80. The van der Waals surface area contributed by atoms with E-state index in [2.05, 4.69) is 12.2 Å². The van der Waals surface area contributed by atoms with Gasteiger partial charge in [-0.3, -0.25) is 0 Å².